The zero-order valence-corrected chi connectivity index (χ0v) is 25.4. The van der Waals surface area contributed by atoms with Gasteiger partial charge in [0.05, 0.1) is 11.2 Å². The summed E-state index contributed by atoms with van der Waals surface area (Å²) in [7, 11) is 0. The van der Waals surface area contributed by atoms with E-state index >= 15 is 0 Å². The minimum atomic E-state index is 0.886. The molecule has 2 aromatic heterocycles. The van der Waals surface area contributed by atoms with Crippen molar-refractivity contribution >= 4 is 65.2 Å². The molecule has 0 fully saturated rings. The maximum Gasteiger partial charge on any atom is 0.144 e. The van der Waals surface area contributed by atoms with Crippen LogP contribution in [0, 0.1) is 0 Å². The molecule has 10 rings (SSSR count). The van der Waals surface area contributed by atoms with Crippen molar-refractivity contribution in [2.45, 2.75) is 0 Å². The van der Waals surface area contributed by atoms with E-state index in [1.165, 1.54) is 32.7 Å². The highest BCUT2D eigenvalue weighted by Gasteiger charge is 2.19. The van der Waals surface area contributed by atoms with Gasteiger partial charge in [-0.1, -0.05) is 140 Å². The van der Waals surface area contributed by atoms with Crippen LogP contribution in [0.15, 0.2) is 168 Å². The van der Waals surface area contributed by atoms with Gasteiger partial charge in [-0.05, 0) is 68.1 Å². The van der Waals surface area contributed by atoms with Crippen molar-refractivity contribution in [3.05, 3.63) is 164 Å². The van der Waals surface area contributed by atoms with Gasteiger partial charge in [-0.25, -0.2) is 4.98 Å². The SMILES string of the molecule is c1ccc(-c2nc3ccccc3c3c2ccc2c3oc3cccc(-c4ccc(-c5cc6ccccc6c6ccccc56)cc4)c32)cc1. The molecule has 0 bridgehead atoms. The second-order valence-electron chi connectivity index (χ2n) is 12.3. The monoisotopic (exact) mass is 597 g/mol. The van der Waals surface area contributed by atoms with Crippen molar-refractivity contribution in [3.8, 4) is 33.5 Å². The molecule has 0 aliphatic carbocycles. The van der Waals surface area contributed by atoms with Crippen LogP contribution in [0.25, 0.3) is 98.7 Å². The molecule has 47 heavy (non-hydrogen) atoms. The van der Waals surface area contributed by atoms with Gasteiger partial charge in [0.2, 0.25) is 0 Å². The molecule has 8 aromatic carbocycles. The van der Waals surface area contributed by atoms with E-state index in [4.69, 9.17) is 9.40 Å². The predicted octanol–water partition coefficient (Wildman–Crippen LogP) is 12.6. The molecule has 0 saturated carbocycles. The molecule has 0 unspecified atom stereocenters. The molecule has 0 radical (unpaired) electrons. The maximum absolute atomic E-state index is 6.78. The summed E-state index contributed by atoms with van der Waals surface area (Å²) in [6.45, 7) is 0. The lowest BCUT2D eigenvalue weighted by atomic mass is 9.91. The van der Waals surface area contributed by atoms with Crippen LogP contribution in [-0.2, 0) is 0 Å². The van der Waals surface area contributed by atoms with Crippen molar-refractivity contribution in [1.82, 2.24) is 4.98 Å². The van der Waals surface area contributed by atoms with E-state index in [9.17, 15) is 0 Å². The summed E-state index contributed by atoms with van der Waals surface area (Å²) in [6.07, 6.45) is 0. The Kier molecular flexibility index (Phi) is 5.61. The number of para-hydroxylation sites is 1. The number of rotatable bonds is 3. The van der Waals surface area contributed by atoms with E-state index in [1.54, 1.807) is 0 Å². The van der Waals surface area contributed by atoms with Gasteiger partial charge in [0, 0.05) is 32.5 Å². The highest BCUT2D eigenvalue weighted by Crippen LogP contribution is 2.44. The summed E-state index contributed by atoms with van der Waals surface area (Å²) in [5.41, 5.74) is 9.60. The van der Waals surface area contributed by atoms with Gasteiger partial charge in [-0.15, -0.1) is 0 Å². The summed E-state index contributed by atoms with van der Waals surface area (Å²) in [5.74, 6) is 0. The van der Waals surface area contributed by atoms with Gasteiger partial charge in [0.1, 0.15) is 11.2 Å². The average molecular weight is 598 g/mol. The van der Waals surface area contributed by atoms with Crippen LogP contribution in [0.3, 0.4) is 0 Å². The smallest absolute Gasteiger partial charge is 0.144 e. The lowest BCUT2D eigenvalue weighted by Gasteiger charge is -2.12. The summed E-state index contributed by atoms with van der Waals surface area (Å²) >= 11 is 0. The van der Waals surface area contributed by atoms with Crippen LogP contribution in [0.5, 0.6) is 0 Å². The molecule has 0 aliphatic heterocycles. The fraction of sp³-hybridized carbons (Fsp3) is 0. The standard InChI is InChI=1S/C45H27NO/c1-2-11-30(12-3-1)44-37-25-26-38-42-33(18-10-20-41(42)47-45(38)43(37)36-17-8-9-19-40(36)46-44)28-21-23-29(24-22-28)39-27-31-13-4-5-14-32(31)34-15-6-7-16-35(34)39/h1-27H. The number of benzene rings is 8. The van der Waals surface area contributed by atoms with E-state index in [1.807, 2.05) is 6.07 Å². The third-order valence-electron chi connectivity index (χ3n) is 9.65. The first-order chi connectivity index (χ1) is 23.3. The first kappa shape index (κ1) is 26.0. The van der Waals surface area contributed by atoms with E-state index in [0.717, 1.165) is 66.0 Å². The van der Waals surface area contributed by atoms with Gasteiger partial charge >= 0.3 is 0 Å². The Morgan fingerprint density at radius 3 is 1.87 bits per heavy atom. The van der Waals surface area contributed by atoms with E-state index in [-0.39, 0.29) is 0 Å². The first-order valence-electron chi connectivity index (χ1n) is 16.1. The maximum atomic E-state index is 6.78. The van der Waals surface area contributed by atoms with Crippen LogP contribution >= 0.6 is 0 Å². The van der Waals surface area contributed by atoms with Gasteiger partial charge in [-0.2, -0.15) is 0 Å². The molecule has 2 heterocycles. The Balaban J connectivity index is 1.18. The minimum Gasteiger partial charge on any atom is -0.455 e. The zero-order chi connectivity index (χ0) is 30.9. The van der Waals surface area contributed by atoms with Crippen molar-refractivity contribution in [1.29, 1.82) is 0 Å². The molecular weight excluding hydrogens is 571 g/mol. The molecule has 218 valence electrons. The highest BCUT2D eigenvalue weighted by molar-refractivity contribution is 6.26. The Morgan fingerprint density at radius 2 is 1.04 bits per heavy atom. The largest absolute Gasteiger partial charge is 0.455 e. The van der Waals surface area contributed by atoms with E-state index < -0.39 is 0 Å². The first-order valence-corrected chi connectivity index (χ1v) is 16.1. The van der Waals surface area contributed by atoms with E-state index in [0.29, 0.717) is 0 Å². The predicted molar refractivity (Wildman–Crippen MR) is 198 cm³/mol. The molecule has 10 aromatic rings. The van der Waals surface area contributed by atoms with Crippen LogP contribution in [-0.4, -0.2) is 4.98 Å². The Bertz CT molecular complexity index is 2830. The number of hydrogen-bond acceptors (Lipinski definition) is 2. The van der Waals surface area contributed by atoms with Crippen LogP contribution in [0.4, 0.5) is 0 Å². The van der Waals surface area contributed by atoms with Gasteiger partial charge in [-0.3, -0.25) is 0 Å². The minimum absolute atomic E-state index is 0.886. The van der Waals surface area contributed by atoms with Crippen molar-refractivity contribution < 1.29 is 4.42 Å². The molecular formula is C45H27NO. The Morgan fingerprint density at radius 1 is 0.383 bits per heavy atom. The molecule has 2 nitrogen and oxygen atoms in total. The zero-order valence-electron chi connectivity index (χ0n) is 25.4. The third kappa shape index (κ3) is 3.95. The number of hydrogen-bond donors (Lipinski definition) is 0. The summed E-state index contributed by atoms with van der Waals surface area (Å²) in [6, 6.07) is 58.4. The molecule has 2 heteroatoms. The number of furan rings is 1. The topological polar surface area (TPSA) is 26.0 Å². The average Bonchev–Trinajstić information content (AvgIpc) is 3.54. The summed E-state index contributed by atoms with van der Waals surface area (Å²) in [4.78, 5) is 5.13. The molecule has 0 N–H and O–H groups in total. The second kappa shape index (κ2) is 10.1. The molecule has 0 atom stereocenters. The number of aromatic nitrogens is 1. The Labute approximate surface area is 271 Å². The lowest BCUT2D eigenvalue weighted by Crippen LogP contribution is -1.90. The number of nitrogens with zero attached hydrogens (tertiary/aromatic N) is 1. The Hall–Kier alpha value is -6.25. The fourth-order valence-electron chi connectivity index (χ4n) is 7.50. The number of fused-ring (bicyclic) bond motifs is 10. The van der Waals surface area contributed by atoms with Gasteiger partial charge in [0.15, 0.2) is 0 Å². The molecule has 0 saturated heterocycles. The molecule has 0 aliphatic rings. The van der Waals surface area contributed by atoms with Crippen LogP contribution in [0.1, 0.15) is 0 Å². The lowest BCUT2D eigenvalue weighted by molar-refractivity contribution is 0.673. The third-order valence-corrected chi connectivity index (χ3v) is 9.65. The summed E-state index contributed by atoms with van der Waals surface area (Å²) < 4.78 is 6.78. The fourth-order valence-corrected chi connectivity index (χ4v) is 7.50. The molecule has 0 amide bonds. The normalized spacial score (nSPS) is 11.8. The van der Waals surface area contributed by atoms with Crippen molar-refractivity contribution in [2.24, 2.45) is 0 Å². The van der Waals surface area contributed by atoms with Gasteiger partial charge < -0.3 is 4.42 Å². The van der Waals surface area contributed by atoms with Crippen molar-refractivity contribution in [2.75, 3.05) is 0 Å². The van der Waals surface area contributed by atoms with Crippen LogP contribution < -0.4 is 0 Å². The van der Waals surface area contributed by atoms with Crippen molar-refractivity contribution in [3.63, 3.8) is 0 Å². The molecule has 0 spiro atoms. The van der Waals surface area contributed by atoms with Crippen LogP contribution in [0.2, 0.25) is 0 Å². The van der Waals surface area contributed by atoms with Gasteiger partial charge in [0.25, 0.3) is 0 Å². The highest BCUT2D eigenvalue weighted by atomic mass is 16.3. The van der Waals surface area contributed by atoms with E-state index in [2.05, 4.69) is 158 Å². The second-order valence-corrected chi connectivity index (χ2v) is 12.3. The number of pyridine rings is 1. The quantitative estimate of drug-likeness (QED) is 0.189. The summed E-state index contributed by atoms with van der Waals surface area (Å²) in [5, 5.41) is 10.6.